The first-order chi connectivity index (χ1) is 11.8. The van der Waals surface area contributed by atoms with Crippen LogP contribution in [-0.4, -0.2) is 44.1 Å². The lowest BCUT2D eigenvalue weighted by Gasteiger charge is -2.25. The topological polar surface area (TPSA) is 41.6 Å². The van der Waals surface area contributed by atoms with Crippen molar-refractivity contribution in [3.05, 3.63) is 42.0 Å². The Hall–Kier alpha value is -1.49. The highest BCUT2D eigenvalue weighted by atomic mass is 16.5. The number of carbonyl (C=O) groups excluding carboxylic acids is 1. The summed E-state index contributed by atoms with van der Waals surface area (Å²) in [5, 5.41) is 3.14. The van der Waals surface area contributed by atoms with Gasteiger partial charge in [0, 0.05) is 19.0 Å². The van der Waals surface area contributed by atoms with Gasteiger partial charge in [-0.05, 0) is 50.6 Å². The molecule has 1 aromatic rings. The van der Waals surface area contributed by atoms with E-state index in [0.29, 0.717) is 6.61 Å². The van der Waals surface area contributed by atoms with E-state index in [4.69, 9.17) is 4.74 Å². The molecule has 0 aliphatic heterocycles. The number of hydrogen-bond acceptors (Lipinski definition) is 4. The van der Waals surface area contributed by atoms with Crippen LogP contribution in [0.4, 0.5) is 0 Å². The van der Waals surface area contributed by atoms with Gasteiger partial charge < -0.3 is 10.1 Å². The summed E-state index contributed by atoms with van der Waals surface area (Å²) in [4.78, 5) is 14.1. The Morgan fingerprint density at radius 1 is 1.24 bits per heavy atom. The molecule has 0 spiro atoms. The van der Waals surface area contributed by atoms with Gasteiger partial charge in [0.15, 0.2) is 0 Å². The first-order valence-corrected chi connectivity index (χ1v) is 9.02. The van der Waals surface area contributed by atoms with Crippen molar-refractivity contribution in [2.75, 3.05) is 27.2 Å². The first-order valence-electron chi connectivity index (χ1n) is 9.02. The molecule has 0 aliphatic rings. The summed E-state index contributed by atoms with van der Waals surface area (Å²) >= 11 is 0. The van der Waals surface area contributed by atoms with Crippen molar-refractivity contribution in [1.82, 2.24) is 10.2 Å². The molecule has 0 aliphatic carbocycles. The lowest BCUT2D eigenvalue weighted by Crippen LogP contribution is -2.36. The molecule has 1 unspecified atom stereocenters. The fourth-order valence-electron chi connectivity index (χ4n) is 2.93. The first kappa shape index (κ1) is 21.6. The van der Waals surface area contributed by atoms with Gasteiger partial charge in [-0.3, -0.25) is 9.69 Å². The highest BCUT2D eigenvalue weighted by molar-refractivity contribution is 5.91. The number of likely N-dealkylation sites (N-methyl/N-ethyl adjacent to an activating group) is 2. The summed E-state index contributed by atoms with van der Waals surface area (Å²) in [6, 6.07) is 8.18. The lowest BCUT2D eigenvalue weighted by molar-refractivity contribution is -0.120. The minimum absolute atomic E-state index is 0.0611. The van der Waals surface area contributed by atoms with E-state index in [0.717, 1.165) is 29.8 Å². The van der Waals surface area contributed by atoms with Gasteiger partial charge in [-0.15, -0.1) is 0 Å². The van der Waals surface area contributed by atoms with Gasteiger partial charge >= 0.3 is 0 Å². The number of nitrogens with one attached hydrogen (secondary N) is 1. The lowest BCUT2D eigenvalue weighted by atomic mass is 9.82. The predicted molar refractivity (Wildman–Crippen MR) is 105 cm³/mol. The van der Waals surface area contributed by atoms with Crippen LogP contribution in [0.3, 0.4) is 0 Å². The Bertz CT molecular complexity index is 552. The van der Waals surface area contributed by atoms with Crippen LogP contribution in [0.1, 0.15) is 38.8 Å². The van der Waals surface area contributed by atoms with E-state index >= 15 is 0 Å². The number of benzene rings is 1. The second-order valence-electron chi connectivity index (χ2n) is 7.05. The monoisotopic (exact) mass is 346 g/mol. The van der Waals surface area contributed by atoms with Gasteiger partial charge in [0.25, 0.3) is 0 Å². The van der Waals surface area contributed by atoms with Gasteiger partial charge in [0.05, 0.1) is 6.61 Å². The molecule has 140 valence electrons. The number of hydrogen-bond donors (Lipinski definition) is 1. The summed E-state index contributed by atoms with van der Waals surface area (Å²) < 4.78 is 5.93. The molecule has 1 N–H and O–H groups in total. The van der Waals surface area contributed by atoms with E-state index < -0.39 is 0 Å². The maximum atomic E-state index is 11.9. The maximum Gasteiger partial charge on any atom is 0.137 e. The highest BCUT2D eigenvalue weighted by Crippen LogP contribution is 2.28. The molecule has 1 aromatic carbocycles. The third-order valence-electron chi connectivity index (χ3n) is 4.63. The van der Waals surface area contributed by atoms with Gasteiger partial charge in [-0.1, -0.05) is 44.7 Å². The van der Waals surface area contributed by atoms with Crippen LogP contribution >= 0.6 is 0 Å². The average molecular weight is 347 g/mol. The molecule has 0 radical (unpaired) electrons. The predicted octanol–water partition coefficient (Wildman–Crippen LogP) is 3.57. The Labute approximate surface area is 153 Å². The molecule has 0 saturated carbocycles. The Morgan fingerprint density at radius 2 is 1.84 bits per heavy atom. The van der Waals surface area contributed by atoms with E-state index in [-0.39, 0.29) is 23.8 Å². The largest absolute Gasteiger partial charge is 0.359 e. The minimum atomic E-state index is -0.122. The molecular formula is C21H34N2O2. The summed E-state index contributed by atoms with van der Waals surface area (Å²) in [5.74, 6) is 0.302. The number of carbonyl (C=O) groups is 1. The minimum Gasteiger partial charge on any atom is -0.359 e. The van der Waals surface area contributed by atoms with Gasteiger partial charge in [-0.2, -0.15) is 0 Å². The van der Waals surface area contributed by atoms with Crippen LogP contribution in [0.5, 0.6) is 0 Å². The number of allylic oxidation sites excluding steroid dienone is 1. The van der Waals surface area contributed by atoms with Crippen LogP contribution < -0.4 is 5.32 Å². The molecular weight excluding hydrogens is 312 g/mol. The van der Waals surface area contributed by atoms with Crippen molar-refractivity contribution in [3.63, 3.8) is 0 Å². The molecule has 25 heavy (non-hydrogen) atoms. The smallest absolute Gasteiger partial charge is 0.137 e. The number of ketones is 1. The molecule has 0 heterocycles. The number of rotatable bonds is 11. The van der Waals surface area contributed by atoms with Crippen LogP contribution in [0.2, 0.25) is 0 Å². The Balaban J connectivity index is 2.64. The van der Waals surface area contributed by atoms with Gasteiger partial charge in [-0.25, -0.2) is 0 Å². The van der Waals surface area contributed by atoms with Crippen molar-refractivity contribution in [3.8, 4) is 0 Å². The van der Waals surface area contributed by atoms with E-state index in [1.165, 1.54) is 0 Å². The van der Waals surface area contributed by atoms with Crippen molar-refractivity contribution in [1.29, 1.82) is 0 Å². The zero-order chi connectivity index (χ0) is 19.0. The molecule has 4 nitrogen and oxygen atoms in total. The van der Waals surface area contributed by atoms with Crippen LogP contribution in [0, 0.1) is 11.8 Å². The quantitative estimate of drug-likeness (QED) is 0.622. The van der Waals surface area contributed by atoms with Crippen LogP contribution in [-0.2, 0) is 16.1 Å². The average Bonchev–Trinajstić information content (AvgIpc) is 2.57. The standard InChI is InChI=1S/C21H34N2O2/c1-15(2)21(17(4)24)16(3)20-10-8-19(9-11-20)14-25-18(5)23(7)13-12-22-6/h8-11,15,18,21-22H,3,12-14H2,1-2,4-7H3/t18-,21?/m0/s1. The Morgan fingerprint density at radius 3 is 2.32 bits per heavy atom. The van der Waals surface area contributed by atoms with Crippen molar-refractivity contribution in [2.45, 2.75) is 40.5 Å². The van der Waals surface area contributed by atoms with Crippen molar-refractivity contribution < 1.29 is 9.53 Å². The molecule has 0 saturated heterocycles. The van der Waals surface area contributed by atoms with Gasteiger partial charge in [0.1, 0.15) is 12.0 Å². The highest BCUT2D eigenvalue weighted by Gasteiger charge is 2.22. The number of nitrogens with zero attached hydrogens (tertiary/aromatic N) is 1. The van der Waals surface area contributed by atoms with Crippen molar-refractivity contribution in [2.24, 2.45) is 11.8 Å². The summed E-state index contributed by atoms with van der Waals surface area (Å²) in [6.45, 7) is 14.4. The fraction of sp³-hybridized carbons (Fsp3) is 0.571. The molecule has 2 atom stereocenters. The zero-order valence-electron chi connectivity index (χ0n) is 16.6. The molecule has 1 rings (SSSR count). The molecule has 0 aromatic heterocycles. The second-order valence-corrected chi connectivity index (χ2v) is 7.05. The second kappa shape index (κ2) is 10.5. The van der Waals surface area contributed by atoms with Crippen LogP contribution in [0.15, 0.2) is 30.8 Å². The third-order valence-corrected chi connectivity index (χ3v) is 4.63. The molecule has 0 fully saturated rings. The van der Waals surface area contributed by atoms with E-state index in [1.54, 1.807) is 6.92 Å². The molecule has 0 bridgehead atoms. The van der Waals surface area contributed by atoms with Crippen LogP contribution in [0.25, 0.3) is 5.57 Å². The summed E-state index contributed by atoms with van der Waals surface area (Å²) in [7, 11) is 4.01. The SMILES string of the molecule is C=C(c1ccc(CO[C@@H](C)N(C)CCNC)cc1)C(C(C)=O)C(C)C. The Kier molecular flexibility index (Phi) is 9.04. The summed E-state index contributed by atoms with van der Waals surface area (Å²) in [6.07, 6.45) is 0.0611. The number of ether oxygens (including phenoxy) is 1. The maximum absolute atomic E-state index is 11.9. The third kappa shape index (κ3) is 6.73. The van der Waals surface area contributed by atoms with E-state index in [2.05, 4.69) is 56.7 Å². The summed E-state index contributed by atoms with van der Waals surface area (Å²) in [5.41, 5.74) is 3.04. The van der Waals surface area contributed by atoms with E-state index in [9.17, 15) is 4.79 Å². The van der Waals surface area contributed by atoms with Crippen molar-refractivity contribution >= 4 is 11.4 Å². The number of Topliss-reactive ketones (excluding diaryl/α,β-unsaturated/α-hetero) is 1. The normalized spacial score (nSPS) is 13.9. The zero-order valence-corrected chi connectivity index (χ0v) is 16.6. The molecule has 4 heteroatoms. The van der Waals surface area contributed by atoms with E-state index in [1.807, 2.05) is 19.2 Å². The molecule has 0 amide bonds. The fourth-order valence-corrected chi connectivity index (χ4v) is 2.93. The van der Waals surface area contributed by atoms with Gasteiger partial charge in [0.2, 0.25) is 0 Å².